The van der Waals surface area contributed by atoms with Crippen molar-refractivity contribution in [2.75, 3.05) is 20.3 Å². The first-order chi connectivity index (χ1) is 8.07. The molecule has 4 heteroatoms. The number of ether oxygens (including phenoxy) is 2. The Labute approximate surface area is 104 Å². The van der Waals surface area contributed by atoms with Crippen molar-refractivity contribution in [2.45, 2.75) is 63.3 Å². The Bertz CT molecular complexity index is 209. The molecular weight excluding hydrogens is 218 g/mol. The van der Waals surface area contributed by atoms with Gasteiger partial charge in [0.15, 0.2) is 0 Å². The molecule has 0 aromatic heterocycles. The van der Waals surface area contributed by atoms with E-state index in [1.54, 1.807) is 14.0 Å². The summed E-state index contributed by atoms with van der Waals surface area (Å²) < 4.78 is 11.2. The van der Waals surface area contributed by atoms with Gasteiger partial charge in [0.05, 0.1) is 17.8 Å². The molecule has 0 spiro atoms. The van der Waals surface area contributed by atoms with Crippen LogP contribution in [0.4, 0.5) is 0 Å². The average molecular weight is 245 g/mol. The van der Waals surface area contributed by atoms with E-state index in [0.29, 0.717) is 31.8 Å². The fraction of sp³-hybridized carbons (Fsp3) is 1.00. The second-order valence-corrected chi connectivity index (χ2v) is 5.32. The van der Waals surface area contributed by atoms with Crippen LogP contribution in [-0.4, -0.2) is 43.2 Å². The van der Waals surface area contributed by atoms with Crippen molar-refractivity contribution >= 4 is 0 Å². The van der Waals surface area contributed by atoms with E-state index < -0.39 is 5.60 Å². The molecule has 3 unspecified atom stereocenters. The van der Waals surface area contributed by atoms with Crippen LogP contribution in [0.5, 0.6) is 0 Å². The fourth-order valence-electron chi connectivity index (χ4n) is 2.27. The highest BCUT2D eigenvalue weighted by Crippen LogP contribution is 2.23. The third kappa shape index (κ3) is 5.82. The lowest BCUT2D eigenvalue weighted by molar-refractivity contribution is -0.0355. The molecule has 1 fully saturated rings. The van der Waals surface area contributed by atoms with E-state index in [-0.39, 0.29) is 0 Å². The van der Waals surface area contributed by atoms with E-state index in [2.05, 4.69) is 0 Å². The van der Waals surface area contributed by atoms with Gasteiger partial charge in [-0.2, -0.15) is 0 Å². The van der Waals surface area contributed by atoms with Gasteiger partial charge in [-0.05, 0) is 45.4 Å². The minimum absolute atomic E-state index is 0.308. The Balaban J connectivity index is 2.10. The summed E-state index contributed by atoms with van der Waals surface area (Å²) in [5.74, 6) is 0. The molecule has 3 N–H and O–H groups in total. The number of rotatable bonds is 7. The van der Waals surface area contributed by atoms with Gasteiger partial charge >= 0.3 is 0 Å². The smallest absolute Gasteiger partial charge is 0.0742 e. The lowest BCUT2D eigenvalue weighted by Crippen LogP contribution is -2.34. The van der Waals surface area contributed by atoms with Gasteiger partial charge in [0.25, 0.3) is 0 Å². The zero-order valence-electron chi connectivity index (χ0n) is 11.2. The van der Waals surface area contributed by atoms with Crippen molar-refractivity contribution in [1.29, 1.82) is 0 Å². The molecule has 0 aromatic carbocycles. The minimum atomic E-state index is -0.745. The van der Waals surface area contributed by atoms with Crippen LogP contribution in [0.15, 0.2) is 0 Å². The highest BCUT2D eigenvalue weighted by Gasteiger charge is 2.22. The van der Waals surface area contributed by atoms with Crippen molar-refractivity contribution in [2.24, 2.45) is 5.73 Å². The van der Waals surface area contributed by atoms with Gasteiger partial charge in [-0.15, -0.1) is 0 Å². The highest BCUT2D eigenvalue weighted by atomic mass is 16.5. The summed E-state index contributed by atoms with van der Waals surface area (Å²) in [5, 5.41) is 9.74. The van der Waals surface area contributed by atoms with E-state index in [9.17, 15) is 5.11 Å². The Hall–Kier alpha value is -0.160. The van der Waals surface area contributed by atoms with E-state index in [1.165, 1.54) is 6.42 Å². The number of hydrogen-bond donors (Lipinski definition) is 2. The van der Waals surface area contributed by atoms with Crippen molar-refractivity contribution in [3.63, 3.8) is 0 Å². The van der Waals surface area contributed by atoms with Crippen LogP contribution in [0, 0.1) is 0 Å². The van der Waals surface area contributed by atoms with Crippen LogP contribution >= 0.6 is 0 Å². The number of aliphatic hydroxyl groups is 1. The van der Waals surface area contributed by atoms with E-state index in [4.69, 9.17) is 15.2 Å². The predicted octanol–water partition coefficient (Wildman–Crippen LogP) is 1.45. The molecule has 1 aliphatic carbocycles. The Morgan fingerprint density at radius 2 is 2.06 bits per heavy atom. The second kappa shape index (κ2) is 7.31. The third-order valence-corrected chi connectivity index (χ3v) is 3.56. The molecule has 1 aliphatic rings. The maximum absolute atomic E-state index is 9.74. The first kappa shape index (κ1) is 14.9. The molecule has 0 radical (unpaired) electrons. The van der Waals surface area contributed by atoms with Gasteiger partial charge in [0.2, 0.25) is 0 Å². The van der Waals surface area contributed by atoms with E-state index in [0.717, 1.165) is 25.7 Å². The predicted molar refractivity (Wildman–Crippen MR) is 67.9 cm³/mol. The first-order valence-corrected chi connectivity index (χ1v) is 6.64. The monoisotopic (exact) mass is 245 g/mol. The highest BCUT2D eigenvalue weighted by molar-refractivity contribution is 4.75. The number of hydrogen-bond acceptors (Lipinski definition) is 4. The van der Waals surface area contributed by atoms with Gasteiger partial charge in [-0.25, -0.2) is 0 Å². The lowest BCUT2D eigenvalue weighted by atomic mass is 9.95. The zero-order valence-corrected chi connectivity index (χ0v) is 11.2. The fourth-order valence-corrected chi connectivity index (χ4v) is 2.27. The Morgan fingerprint density at radius 1 is 1.35 bits per heavy atom. The topological polar surface area (TPSA) is 64.7 Å². The van der Waals surface area contributed by atoms with E-state index in [1.807, 2.05) is 0 Å². The molecule has 0 saturated heterocycles. The van der Waals surface area contributed by atoms with Crippen molar-refractivity contribution in [3.05, 3.63) is 0 Å². The molecule has 102 valence electrons. The first-order valence-electron chi connectivity index (χ1n) is 6.64. The molecule has 0 aromatic rings. The van der Waals surface area contributed by atoms with Crippen LogP contribution < -0.4 is 5.73 Å². The summed E-state index contributed by atoms with van der Waals surface area (Å²) in [4.78, 5) is 0. The minimum Gasteiger partial charge on any atom is -0.389 e. The van der Waals surface area contributed by atoms with Crippen LogP contribution in [0.3, 0.4) is 0 Å². The normalized spacial score (nSPS) is 28.9. The molecule has 0 bridgehead atoms. The Morgan fingerprint density at radius 3 is 2.71 bits per heavy atom. The largest absolute Gasteiger partial charge is 0.389 e. The quantitative estimate of drug-likeness (QED) is 0.666. The summed E-state index contributed by atoms with van der Waals surface area (Å²) in [7, 11) is 1.77. The lowest BCUT2D eigenvalue weighted by Gasteiger charge is -2.28. The summed E-state index contributed by atoms with van der Waals surface area (Å²) >= 11 is 0. The zero-order chi connectivity index (χ0) is 12.7. The van der Waals surface area contributed by atoms with Gasteiger partial charge in [-0.1, -0.05) is 0 Å². The molecular formula is C13H27NO3. The molecule has 0 heterocycles. The summed E-state index contributed by atoms with van der Waals surface area (Å²) in [6, 6.07) is 0. The number of methoxy groups -OCH3 is 1. The maximum Gasteiger partial charge on any atom is 0.0742 e. The molecule has 1 rings (SSSR count). The summed E-state index contributed by atoms with van der Waals surface area (Å²) in [6.45, 7) is 2.79. The van der Waals surface area contributed by atoms with Gasteiger partial charge < -0.3 is 20.3 Å². The van der Waals surface area contributed by atoms with Gasteiger partial charge in [0.1, 0.15) is 0 Å². The molecule has 0 aliphatic heterocycles. The second-order valence-electron chi connectivity index (χ2n) is 5.32. The van der Waals surface area contributed by atoms with Crippen molar-refractivity contribution in [1.82, 2.24) is 0 Å². The van der Waals surface area contributed by atoms with Gasteiger partial charge in [0, 0.05) is 20.3 Å². The summed E-state index contributed by atoms with van der Waals surface area (Å²) in [5.41, 5.74) is 4.72. The third-order valence-electron chi connectivity index (χ3n) is 3.56. The molecule has 1 saturated carbocycles. The van der Waals surface area contributed by atoms with Gasteiger partial charge in [-0.3, -0.25) is 0 Å². The number of nitrogens with two attached hydrogens (primary N) is 1. The average Bonchev–Trinajstić information content (AvgIpc) is 2.35. The Kier molecular flexibility index (Phi) is 6.41. The van der Waals surface area contributed by atoms with Crippen molar-refractivity contribution < 1.29 is 14.6 Å². The van der Waals surface area contributed by atoms with Crippen LogP contribution in [0.25, 0.3) is 0 Å². The molecule has 4 nitrogen and oxygen atoms in total. The SMILES string of the molecule is COC1CCCC(OCCCC(C)(O)CN)C1. The van der Waals surface area contributed by atoms with E-state index >= 15 is 0 Å². The standard InChI is InChI=1S/C13H27NO3/c1-13(15,10-14)7-4-8-17-12-6-3-5-11(9-12)16-2/h11-12,15H,3-10,14H2,1-2H3. The van der Waals surface area contributed by atoms with Crippen LogP contribution in [0.1, 0.15) is 45.4 Å². The molecule has 0 amide bonds. The molecule has 17 heavy (non-hydrogen) atoms. The maximum atomic E-state index is 9.74. The van der Waals surface area contributed by atoms with Crippen molar-refractivity contribution in [3.8, 4) is 0 Å². The summed E-state index contributed by atoms with van der Waals surface area (Å²) in [6.07, 6.45) is 6.72. The van der Waals surface area contributed by atoms with Crippen LogP contribution in [0.2, 0.25) is 0 Å². The molecule has 3 atom stereocenters. The van der Waals surface area contributed by atoms with Crippen LogP contribution in [-0.2, 0) is 9.47 Å².